The van der Waals surface area contributed by atoms with Gasteiger partial charge in [-0.15, -0.1) is 0 Å². The van der Waals surface area contributed by atoms with Gasteiger partial charge in [0.25, 0.3) is 0 Å². The van der Waals surface area contributed by atoms with Crippen LogP contribution >= 0.6 is 11.5 Å². The van der Waals surface area contributed by atoms with E-state index in [9.17, 15) is 0 Å². The van der Waals surface area contributed by atoms with Gasteiger partial charge in [0, 0.05) is 31.7 Å². The molecule has 5 heteroatoms. The van der Waals surface area contributed by atoms with Crippen LogP contribution in [-0.4, -0.2) is 29.6 Å². The molecule has 4 nitrogen and oxygen atoms in total. The monoisotopic (exact) mass is 317 g/mol. The standard InChI is InChI=1S/C17H23N3OS/c1-21-13-16-18-17(22-19-16)20-11-9-15(10-12-20)8-7-14-5-3-2-4-6-14/h2-6,15H,7-13H2,1H3. The van der Waals surface area contributed by atoms with Gasteiger partial charge in [-0.3, -0.25) is 0 Å². The summed E-state index contributed by atoms with van der Waals surface area (Å²) in [4.78, 5) is 6.92. The molecule has 1 fully saturated rings. The molecule has 0 bridgehead atoms. The summed E-state index contributed by atoms with van der Waals surface area (Å²) in [6, 6.07) is 10.8. The molecular formula is C17H23N3OS. The van der Waals surface area contributed by atoms with Crippen molar-refractivity contribution in [2.75, 3.05) is 25.1 Å². The Balaban J connectivity index is 1.45. The Bertz CT molecular complexity index is 564. The van der Waals surface area contributed by atoms with Gasteiger partial charge in [-0.2, -0.15) is 4.37 Å². The van der Waals surface area contributed by atoms with Crippen molar-refractivity contribution in [3.05, 3.63) is 41.7 Å². The number of piperidine rings is 1. The normalized spacial score (nSPS) is 16.1. The third-order valence-electron chi connectivity index (χ3n) is 4.30. The number of anilines is 1. The van der Waals surface area contributed by atoms with Gasteiger partial charge in [-0.05, 0) is 37.2 Å². The first kappa shape index (κ1) is 15.4. The lowest BCUT2D eigenvalue weighted by Crippen LogP contribution is -2.33. The number of aryl methyl sites for hydroxylation is 1. The Morgan fingerprint density at radius 1 is 1.23 bits per heavy atom. The third kappa shape index (κ3) is 4.05. The van der Waals surface area contributed by atoms with Gasteiger partial charge in [0.05, 0.1) is 0 Å². The number of hydrogen-bond donors (Lipinski definition) is 0. The molecule has 0 aliphatic carbocycles. The van der Waals surface area contributed by atoms with E-state index in [4.69, 9.17) is 4.74 Å². The van der Waals surface area contributed by atoms with Crippen LogP contribution in [0.3, 0.4) is 0 Å². The lowest BCUT2D eigenvalue weighted by atomic mass is 9.91. The van der Waals surface area contributed by atoms with Gasteiger partial charge in [-0.25, -0.2) is 4.98 Å². The van der Waals surface area contributed by atoms with Crippen LogP contribution in [-0.2, 0) is 17.8 Å². The van der Waals surface area contributed by atoms with E-state index in [-0.39, 0.29) is 0 Å². The molecule has 0 N–H and O–H groups in total. The van der Waals surface area contributed by atoms with Crippen LogP contribution < -0.4 is 4.90 Å². The molecule has 22 heavy (non-hydrogen) atoms. The van der Waals surface area contributed by atoms with Gasteiger partial charge >= 0.3 is 0 Å². The Morgan fingerprint density at radius 2 is 2.00 bits per heavy atom. The molecule has 1 aliphatic heterocycles. The topological polar surface area (TPSA) is 38.2 Å². The molecule has 0 saturated carbocycles. The van der Waals surface area contributed by atoms with E-state index in [1.807, 2.05) is 0 Å². The number of aromatic nitrogens is 2. The van der Waals surface area contributed by atoms with E-state index in [1.165, 1.54) is 42.8 Å². The molecule has 1 aliphatic rings. The van der Waals surface area contributed by atoms with Crippen LogP contribution in [0.25, 0.3) is 0 Å². The Morgan fingerprint density at radius 3 is 2.73 bits per heavy atom. The van der Waals surface area contributed by atoms with E-state index in [0.717, 1.165) is 30.0 Å². The fraction of sp³-hybridized carbons (Fsp3) is 0.529. The second-order valence-corrected chi connectivity index (χ2v) is 6.61. The molecule has 2 heterocycles. The lowest BCUT2D eigenvalue weighted by molar-refractivity contribution is 0.179. The maximum atomic E-state index is 5.08. The zero-order valence-corrected chi connectivity index (χ0v) is 13.9. The highest BCUT2D eigenvalue weighted by molar-refractivity contribution is 7.09. The fourth-order valence-corrected chi connectivity index (χ4v) is 3.71. The summed E-state index contributed by atoms with van der Waals surface area (Å²) >= 11 is 1.49. The maximum absolute atomic E-state index is 5.08. The van der Waals surface area contributed by atoms with E-state index in [2.05, 4.69) is 44.6 Å². The highest BCUT2D eigenvalue weighted by atomic mass is 32.1. The van der Waals surface area contributed by atoms with Crippen LogP contribution in [0.1, 0.15) is 30.7 Å². The predicted molar refractivity (Wildman–Crippen MR) is 90.3 cm³/mol. The second-order valence-electron chi connectivity index (χ2n) is 5.88. The first-order chi connectivity index (χ1) is 10.8. The largest absolute Gasteiger partial charge is 0.377 e. The number of ether oxygens (including phenoxy) is 1. The zero-order valence-electron chi connectivity index (χ0n) is 13.1. The summed E-state index contributed by atoms with van der Waals surface area (Å²) in [5, 5.41) is 1.05. The van der Waals surface area contributed by atoms with Crippen molar-refractivity contribution >= 4 is 16.7 Å². The maximum Gasteiger partial charge on any atom is 0.205 e. The summed E-state index contributed by atoms with van der Waals surface area (Å²) in [6.07, 6.45) is 5.00. The molecule has 1 saturated heterocycles. The smallest absolute Gasteiger partial charge is 0.205 e. The Hall–Kier alpha value is -1.46. The Kier molecular flexibility index (Phi) is 5.40. The third-order valence-corrected chi connectivity index (χ3v) is 5.11. The first-order valence-electron chi connectivity index (χ1n) is 7.95. The van der Waals surface area contributed by atoms with Crippen molar-refractivity contribution in [2.24, 2.45) is 5.92 Å². The predicted octanol–water partition coefficient (Wildman–Crippen LogP) is 3.53. The van der Waals surface area contributed by atoms with Crippen LogP contribution in [0, 0.1) is 5.92 Å². The summed E-state index contributed by atoms with van der Waals surface area (Å²) in [5.41, 5.74) is 1.46. The fourth-order valence-electron chi connectivity index (χ4n) is 2.99. The van der Waals surface area contributed by atoms with E-state index < -0.39 is 0 Å². The van der Waals surface area contributed by atoms with Crippen LogP contribution in [0.4, 0.5) is 5.13 Å². The molecule has 1 aromatic carbocycles. The number of rotatable bonds is 6. The van der Waals surface area contributed by atoms with E-state index in [1.54, 1.807) is 7.11 Å². The molecule has 0 atom stereocenters. The lowest BCUT2D eigenvalue weighted by Gasteiger charge is -2.31. The van der Waals surface area contributed by atoms with Crippen molar-refractivity contribution in [3.8, 4) is 0 Å². The Labute approximate surface area is 136 Å². The van der Waals surface area contributed by atoms with Gasteiger partial charge < -0.3 is 9.64 Å². The molecule has 3 rings (SSSR count). The van der Waals surface area contributed by atoms with Crippen molar-refractivity contribution in [1.29, 1.82) is 0 Å². The molecule has 0 unspecified atom stereocenters. The molecule has 0 amide bonds. The minimum absolute atomic E-state index is 0.504. The summed E-state index contributed by atoms with van der Waals surface area (Å²) in [7, 11) is 1.68. The second kappa shape index (κ2) is 7.70. The van der Waals surface area contributed by atoms with E-state index >= 15 is 0 Å². The van der Waals surface area contributed by atoms with Gasteiger partial charge in [-0.1, -0.05) is 30.3 Å². The van der Waals surface area contributed by atoms with Crippen molar-refractivity contribution in [1.82, 2.24) is 9.36 Å². The SMILES string of the molecule is COCc1nsc(N2CCC(CCc3ccccc3)CC2)n1. The minimum Gasteiger partial charge on any atom is -0.377 e. The summed E-state index contributed by atoms with van der Waals surface area (Å²) in [5.74, 6) is 1.64. The van der Waals surface area contributed by atoms with Crippen molar-refractivity contribution in [3.63, 3.8) is 0 Å². The average Bonchev–Trinajstić information content (AvgIpc) is 3.03. The molecule has 118 valence electrons. The molecule has 1 aromatic heterocycles. The molecule has 2 aromatic rings. The minimum atomic E-state index is 0.504. The number of hydrogen-bond acceptors (Lipinski definition) is 5. The van der Waals surface area contributed by atoms with Gasteiger partial charge in [0.2, 0.25) is 5.13 Å². The van der Waals surface area contributed by atoms with Crippen molar-refractivity contribution < 1.29 is 4.74 Å². The number of methoxy groups -OCH3 is 1. The molecule has 0 radical (unpaired) electrons. The van der Waals surface area contributed by atoms with E-state index in [0.29, 0.717) is 6.61 Å². The van der Waals surface area contributed by atoms with Crippen LogP contribution in [0.15, 0.2) is 30.3 Å². The average molecular weight is 317 g/mol. The summed E-state index contributed by atoms with van der Waals surface area (Å²) in [6.45, 7) is 2.70. The highest BCUT2D eigenvalue weighted by Gasteiger charge is 2.21. The van der Waals surface area contributed by atoms with Crippen LogP contribution in [0.5, 0.6) is 0 Å². The zero-order chi connectivity index (χ0) is 15.2. The highest BCUT2D eigenvalue weighted by Crippen LogP contribution is 2.27. The number of nitrogens with zero attached hydrogens (tertiary/aromatic N) is 3. The summed E-state index contributed by atoms with van der Waals surface area (Å²) < 4.78 is 9.42. The van der Waals surface area contributed by atoms with Crippen LogP contribution in [0.2, 0.25) is 0 Å². The van der Waals surface area contributed by atoms with Gasteiger partial charge in [0.1, 0.15) is 6.61 Å². The molecule has 0 spiro atoms. The van der Waals surface area contributed by atoms with Gasteiger partial charge in [0.15, 0.2) is 5.82 Å². The quantitative estimate of drug-likeness (QED) is 0.817. The molecular weight excluding hydrogens is 294 g/mol. The van der Waals surface area contributed by atoms with Crippen molar-refractivity contribution in [2.45, 2.75) is 32.3 Å². The first-order valence-corrected chi connectivity index (χ1v) is 8.73. The number of benzene rings is 1.